The van der Waals surface area contributed by atoms with Gasteiger partial charge in [-0.25, -0.2) is 0 Å². The first-order chi connectivity index (χ1) is 16.4. The average molecular weight is 484 g/mol. The maximum atomic E-state index is 11.8. The van der Waals surface area contributed by atoms with E-state index in [0.29, 0.717) is 24.8 Å². The smallest absolute Gasteiger partial charge is 0.222 e. The minimum absolute atomic E-state index is 0.0143. The number of aromatic nitrogens is 1. The molecule has 0 bridgehead atoms. The molecule has 1 aromatic carbocycles. The second-order valence-electron chi connectivity index (χ2n) is 9.39. The normalized spacial score (nSPS) is 18.3. The Morgan fingerprint density at radius 3 is 2.82 bits per heavy atom. The van der Waals surface area contributed by atoms with Gasteiger partial charge in [0.15, 0.2) is 0 Å². The zero-order valence-electron chi connectivity index (χ0n) is 20.0. The fourth-order valence-electron chi connectivity index (χ4n) is 4.66. The van der Waals surface area contributed by atoms with Crippen molar-refractivity contribution < 1.29 is 10.0 Å². The number of allylic oxidation sites excluding steroid dienone is 1. The summed E-state index contributed by atoms with van der Waals surface area (Å²) in [5.41, 5.74) is 3.96. The quantitative estimate of drug-likeness (QED) is 0.516. The molecule has 0 unspecified atom stereocenters. The van der Waals surface area contributed by atoms with Crippen molar-refractivity contribution in [3.63, 3.8) is 0 Å². The van der Waals surface area contributed by atoms with Gasteiger partial charge in [-0.15, -0.1) is 0 Å². The van der Waals surface area contributed by atoms with E-state index in [1.165, 1.54) is 5.17 Å². The number of nitrogens with one attached hydrogen (secondary N) is 1. The number of rotatable bonds is 9. The number of anilines is 1. The fraction of sp³-hybridized carbons (Fsp3) is 0.462. The van der Waals surface area contributed by atoms with Crippen molar-refractivity contribution in [1.82, 2.24) is 20.2 Å². The first-order valence-corrected chi connectivity index (χ1v) is 12.5. The average Bonchev–Trinajstić information content (AvgIpc) is 3.27. The summed E-state index contributed by atoms with van der Waals surface area (Å²) in [6.07, 6.45) is 9.40. The summed E-state index contributed by atoms with van der Waals surface area (Å²) in [5.74, 6) is 0.119. The SMILES string of the molecule is CC(C)C(=O)NCCCN1CCC[C@@H]1CN1C=C(Cc2ccc(Cl)cc2)c2ccncc2N1O. The molecule has 0 aliphatic carbocycles. The van der Waals surface area contributed by atoms with Gasteiger partial charge in [-0.05, 0) is 61.6 Å². The molecule has 2 N–H and O–H groups in total. The highest BCUT2D eigenvalue weighted by Gasteiger charge is 2.30. The molecule has 8 heteroatoms. The van der Waals surface area contributed by atoms with Crippen LogP contribution in [0.2, 0.25) is 5.02 Å². The van der Waals surface area contributed by atoms with Crippen molar-refractivity contribution in [2.75, 3.05) is 31.4 Å². The minimum atomic E-state index is 0.0143. The van der Waals surface area contributed by atoms with E-state index in [1.54, 1.807) is 12.4 Å². The highest BCUT2D eigenvalue weighted by molar-refractivity contribution is 6.30. The lowest BCUT2D eigenvalue weighted by Gasteiger charge is -2.39. The van der Waals surface area contributed by atoms with Gasteiger partial charge in [0, 0.05) is 48.0 Å². The molecule has 0 radical (unpaired) electrons. The lowest BCUT2D eigenvalue weighted by Crippen LogP contribution is -2.47. The number of pyridine rings is 1. The molecule has 1 aromatic heterocycles. The Morgan fingerprint density at radius 2 is 2.06 bits per heavy atom. The molecule has 3 heterocycles. The van der Waals surface area contributed by atoms with Crippen molar-refractivity contribution in [2.45, 2.75) is 45.6 Å². The van der Waals surface area contributed by atoms with E-state index in [9.17, 15) is 10.0 Å². The summed E-state index contributed by atoms with van der Waals surface area (Å²) >= 11 is 6.07. The number of hydrogen-bond acceptors (Lipinski definition) is 6. The number of carbonyl (C=O) groups excluding carboxylic acids is 1. The van der Waals surface area contributed by atoms with Crippen LogP contribution in [0.5, 0.6) is 0 Å². The number of likely N-dealkylation sites (tertiary alicyclic amines) is 1. The van der Waals surface area contributed by atoms with Crippen LogP contribution in [0.4, 0.5) is 5.69 Å². The molecule has 2 aliphatic rings. The molecular weight excluding hydrogens is 450 g/mol. The van der Waals surface area contributed by atoms with E-state index in [2.05, 4.69) is 21.4 Å². The first kappa shape index (κ1) is 24.5. The third kappa shape index (κ3) is 5.90. The molecule has 4 rings (SSSR count). The minimum Gasteiger partial charge on any atom is -0.356 e. The maximum Gasteiger partial charge on any atom is 0.222 e. The van der Waals surface area contributed by atoms with Gasteiger partial charge < -0.3 is 5.32 Å². The standard InChI is InChI=1S/C26H34ClN5O2/c1-19(2)26(33)29-11-4-14-30-13-3-5-23(30)18-31-17-21(15-20-6-8-22(27)9-7-20)24-10-12-28-16-25(24)32(31)34/h6-10,12,16-17,19,23,34H,3-5,11,13-15,18H2,1-2H3,(H,29,33)/t23-/m1/s1. The van der Waals surface area contributed by atoms with Gasteiger partial charge in [-0.3, -0.25) is 24.9 Å². The number of hydrazine groups is 1. The second-order valence-corrected chi connectivity index (χ2v) is 9.83. The van der Waals surface area contributed by atoms with Crippen molar-refractivity contribution in [2.24, 2.45) is 5.92 Å². The van der Waals surface area contributed by atoms with Gasteiger partial charge in [0.25, 0.3) is 0 Å². The van der Waals surface area contributed by atoms with E-state index in [4.69, 9.17) is 11.6 Å². The Kier molecular flexibility index (Phi) is 8.08. The second kappa shape index (κ2) is 11.2. The highest BCUT2D eigenvalue weighted by atomic mass is 35.5. The lowest BCUT2D eigenvalue weighted by atomic mass is 9.97. The van der Waals surface area contributed by atoms with Crippen LogP contribution >= 0.6 is 11.6 Å². The topological polar surface area (TPSA) is 71.9 Å². The predicted molar refractivity (Wildman–Crippen MR) is 135 cm³/mol. The summed E-state index contributed by atoms with van der Waals surface area (Å²) in [5, 5.41) is 17.9. The monoisotopic (exact) mass is 483 g/mol. The van der Waals surface area contributed by atoms with Crippen LogP contribution in [0, 0.1) is 5.92 Å². The van der Waals surface area contributed by atoms with E-state index >= 15 is 0 Å². The van der Waals surface area contributed by atoms with Crippen LogP contribution in [0.15, 0.2) is 48.9 Å². The van der Waals surface area contributed by atoms with Crippen molar-refractivity contribution in [3.05, 3.63) is 65.1 Å². The molecule has 1 fully saturated rings. The van der Waals surface area contributed by atoms with Gasteiger partial charge in [0.1, 0.15) is 5.69 Å². The Hall–Kier alpha value is -2.61. The third-order valence-corrected chi connectivity index (χ3v) is 6.81. The third-order valence-electron chi connectivity index (χ3n) is 6.56. The molecule has 34 heavy (non-hydrogen) atoms. The number of hydrogen-bond donors (Lipinski definition) is 2. The van der Waals surface area contributed by atoms with Gasteiger partial charge in [0.05, 0.1) is 12.7 Å². The van der Waals surface area contributed by atoms with Crippen LogP contribution < -0.4 is 10.5 Å². The summed E-state index contributed by atoms with van der Waals surface area (Å²) in [6, 6.07) is 10.2. The number of carbonyl (C=O) groups is 1. The van der Waals surface area contributed by atoms with Crippen LogP contribution in [0.3, 0.4) is 0 Å². The predicted octanol–water partition coefficient (Wildman–Crippen LogP) is 4.37. The fourth-order valence-corrected chi connectivity index (χ4v) is 4.79. The number of fused-ring (bicyclic) bond motifs is 1. The van der Waals surface area contributed by atoms with Gasteiger partial charge in [-0.1, -0.05) is 37.6 Å². The summed E-state index contributed by atoms with van der Waals surface area (Å²) in [6.45, 7) is 7.18. The van der Waals surface area contributed by atoms with Gasteiger partial charge >= 0.3 is 0 Å². The number of halogens is 1. The molecule has 2 aromatic rings. The van der Waals surface area contributed by atoms with E-state index in [-0.39, 0.29) is 11.8 Å². The van der Waals surface area contributed by atoms with Crippen molar-refractivity contribution in [1.29, 1.82) is 0 Å². The Morgan fingerprint density at radius 1 is 1.26 bits per heavy atom. The summed E-state index contributed by atoms with van der Waals surface area (Å²) in [4.78, 5) is 18.5. The largest absolute Gasteiger partial charge is 0.356 e. The first-order valence-electron chi connectivity index (χ1n) is 12.1. The zero-order valence-corrected chi connectivity index (χ0v) is 20.7. The van der Waals surface area contributed by atoms with E-state index in [0.717, 1.165) is 60.5 Å². The van der Waals surface area contributed by atoms with Crippen molar-refractivity contribution in [3.8, 4) is 0 Å². The molecule has 2 aliphatic heterocycles. The lowest BCUT2D eigenvalue weighted by molar-refractivity contribution is -0.123. The number of amides is 1. The molecule has 0 spiro atoms. The Bertz CT molecular complexity index is 1010. The van der Waals surface area contributed by atoms with Crippen LogP contribution in [-0.2, 0) is 11.2 Å². The molecule has 7 nitrogen and oxygen atoms in total. The molecule has 0 saturated carbocycles. The summed E-state index contributed by atoms with van der Waals surface area (Å²) < 4.78 is 0. The summed E-state index contributed by atoms with van der Waals surface area (Å²) in [7, 11) is 0. The molecule has 1 saturated heterocycles. The Labute approximate surface area is 206 Å². The molecule has 182 valence electrons. The number of benzene rings is 1. The number of nitrogens with zero attached hydrogens (tertiary/aromatic N) is 4. The van der Waals surface area contributed by atoms with Crippen LogP contribution in [0.1, 0.15) is 44.2 Å². The Balaban J connectivity index is 1.43. The van der Waals surface area contributed by atoms with E-state index < -0.39 is 0 Å². The van der Waals surface area contributed by atoms with Crippen LogP contribution in [-0.4, -0.2) is 58.2 Å². The maximum absolute atomic E-state index is 11.8. The van der Waals surface area contributed by atoms with Crippen molar-refractivity contribution >= 4 is 28.8 Å². The van der Waals surface area contributed by atoms with Gasteiger partial charge in [0.2, 0.25) is 5.91 Å². The zero-order chi connectivity index (χ0) is 24.1. The highest BCUT2D eigenvalue weighted by Crippen LogP contribution is 2.34. The molecule has 1 amide bonds. The van der Waals surface area contributed by atoms with Gasteiger partial charge in [-0.2, -0.15) is 5.17 Å². The molecule has 1 atom stereocenters. The molecular formula is C26H34ClN5O2. The van der Waals surface area contributed by atoms with Crippen LogP contribution in [0.25, 0.3) is 5.57 Å². The van der Waals surface area contributed by atoms with E-state index in [1.807, 2.05) is 49.2 Å².